The van der Waals surface area contributed by atoms with Crippen molar-refractivity contribution in [2.24, 2.45) is 0 Å². The number of nitriles is 1. The van der Waals surface area contributed by atoms with Crippen LogP contribution in [0.1, 0.15) is 12.0 Å². The van der Waals surface area contributed by atoms with Crippen LogP contribution in [0.2, 0.25) is 0 Å². The minimum Gasteiger partial charge on any atom is -0.473 e. The second kappa shape index (κ2) is 4.07. The molecule has 1 fully saturated rings. The number of rotatable bonds is 2. The van der Waals surface area contributed by atoms with Crippen LogP contribution in [0.3, 0.4) is 0 Å². The number of nitrogens with one attached hydrogen (secondary N) is 1. The van der Waals surface area contributed by atoms with Crippen molar-refractivity contribution in [2.75, 3.05) is 13.1 Å². The van der Waals surface area contributed by atoms with Gasteiger partial charge in [0, 0.05) is 18.8 Å². The van der Waals surface area contributed by atoms with Gasteiger partial charge in [-0.1, -0.05) is 0 Å². The Labute approximate surface area is 82.5 Å². The predicted octanol–water partition coefficient (Wildman–Crippen LogP) is 0.694. The lowest BCUT2D eigenvalue weighted by Gasteiger charge is -2.10. The minimum atomic E-state index is 0.218. The largest absolute Gasteiger partial charge is 0.473 e. The highest BCUT2D eigenvalue weighted by molar-refractivity contribution is 5.28. The fourth-order valence-electron chi connectivity index (χ4n) is 1.42. The van der Waals surface area contributed by atoms with Gasteiger partial charge in [0.1, 0.15) is 12.2 Å². The molecule has 1 saturated heterocycles. The molecule has 0 saturated carbocycles. The molecule has 4 heteroatoms. The number of hydrogen-bond donors (Lipinski definition) is 1. The monoisotopic (exact) mass is 189 g/mol. The van der Waals surface area contributed by atoms with E-state index in [0.29, 0.717) is 11.4 Å². The maximum absolute atomic E-state index is 8.57. The Balaban J connectivity index is 1.99. The summed E-state index contributed by atoms with van der Waals surface area (Å²) in [6, 6.07) is 5.46. The lowest BCUT2D eigenvalue weighted by atomic mass is 10.3. The predicted molar refractivity (Wildman–Crippen MR) is 50.9 cm³/mol. The van der Waals surface area contributed by atoms with Crippen LogP contribution >= 0.6 is 0 Å². The van der Waals surface area contributed by atoms with Crippen molar-refractivity contribution in [3.63, 3.8) is 0 Å². The van der Waals surface area contributed by atoms with E-state index >= 15 is 0 Å². The van der Waals surface area contributed by atoms with Crippen LogP contribution < -0.4 is 10.1 Å². The topological polar surface area (TPSA) is 57.9 Å². The first kappa shape index (κ1) is 8.97. The standard InChI is InChI=1S/C10H11N3O/c11-5-8-1-2-10(13-6-8)14-9-3-4-12-7-9/h1-2,6,9,12H,3-4,7H2/t9-/m0/s1. The van der Waals surface area contributed by atoms with Crippen molar-refractivity contribution in [3.05, 3.63) is 23.9 Å². The van der Waals surface area contributed by atoms with E-state index in [-0.39, 0.29) is 6.10 Å². The first-order valence-electron chi connectivity index (χ1n) is 4.62. The van der Waals surface area contributed by atoms with Gasteiger partial charge < -0.3 is 10.1 Å². The molecule has 14 heavy (non-hydrogen) atoms. The highest BCUT2D eigenvalue weighted by Crippen LogP contribution is 2.11. The van der Waals surface area contributed by atoms with E-state index in [4.69, 9.17) is 10.00 Å². The molecule has 0 amide bonds. The van der Waals surface area contributed by atoms with Crippen molar-refractivity contribution in [3.8, 4) is 11.9 Å². The lowest BCUT2D eigenvalue weighted by Crippen LogP contribution is -2.19. The average molecular weight is 189 g/mol. The molecule has 4 nitrogen and oxygen atoms in total. The summed E-state index contributed by atoms with van der Waals surface area (Å²) in [5, 5.41) is 11.8. The van der Waals surface area contributed by atoms with Crippen molar-refractivity contribution in [1.82, 2.24) is 10.3 Å². The van der Waals surface area contributed by atoms with Crippen LogP contribution in [0.25, 0.3) is 0 Å². The maximum atomic E-state index is 8.57. The molecule has 2 rings (SSSR count). The van der Waals surface area contributed by atoms with Gasteiger partial charge in [-0.2, -0.15) is 5.26 Å². The third-order valence-electron chi connectivity index (χ3n) is 2.17. The number of ether oxygens (including phenoxy) is 1. The molecule has 72 valence electrons. The van der Waals surface area contributed by atoms with Crippen molar-refractivity contribution in [2.45, 2.75) is 12.5 Å². The molecule has 1 N–H and O–H groups in total. The molecule has 1 atom stereocenters. The van der Waals surface area contributed by atoms with E-state index in [9.17, 15) is 0 Å². The molecule has 0 spiro atoms. The molecule has 2 heterocycles. The Hall–Kier alpha value is -1.60. The maximum Gasteiger partial charge on any atom is 0.213 e. The fraction of sp³-hybridized carbons (Fsp3) is 0.400. The van der Waals surface area contributed by atoms with Crippen LogP contribution in [-0.2, 0) is 0 Å². The van der Waals surface area contributed by atoms with E-state index in [0.717, 1.165) is 19.5 Å². The highest BCUT2D eigenvalue weighted by Gasteiger charge is 2.15. The molecular weight excluding hydrogens is 178 g/mol. The van der Waals surface area contributed by atoms with Crippen LogP contribution in [0, 0.1) is 11.3 Å². The summed E-state index contributed by atoms with van der Waals surface area (Å²) in [5.74, 6) is 0.595. The van der Waals surface area contributed by atoms with E-state index < -0.39 is 0 Å². The quantitative estimate of drug-likeness (QED) is 0.743. The second-order valence-corrected chi connectivity index (χ2v) is 3.23. The van der Waals surface area contributed by atoms with Gasteiger partial charge in [-0.05, 0) is 19.0 Å². The van der Waals surface area contributed by atoms with Gasteiger partial charge in [0.25, 0.3) is 0 Å². The van der Waals surface area contributed by atoms with Crippen LogP contribution in [0.4, 0.5) is 0 Å². The molecule has 1 aliphatic rings. The van der Waals surface area contributed by atoms with Gasteiger partial charge in [-0.15, -0.1) is 0 Å². The normalized spacial score (nSPS) is 20.4. The number of pyridine rings is 1. The summed E-state index contributed by atoms with van der Waals surface area (Å²) in [6.07, 6.45) is 2.76. The summed E-state index contributed by atoms with van der Waals surface area (Å²) < 4.78 is 5.59. The molecule has 1 aromatic heterocycles. The van der Waals surface area contributed by atoms with Crippen molar-refractivity contribution >= 4 is 0 Å². The molecule has 0 aliphatic carbocycles. The zero-order valence-corrected chi connectivity index (χ0v) is 7.73. The third-order valence-corrected chi connectivity index (χ3v) is 2.17. The van der Waals surface area contributed by atoms with Crippen LogP contribution in [0.5, 0.6) is 5.88 Å². The molecule has 0 bridgehead atoms. The first-order valence-corrected chi connectivity index (χ1v) is 4.62. The van der Waals surface area contributed by atoms with E-state index in [1.54, 1.807) is 12.1 Å². The van der Waals surface area contributed by atoms with Gasteiger partial charge >= 0.3 is 0 Å². The molecule has 1 aromatic rings. The lowest BCUT2D eigenvalue weighted by molar-refractivity contribution is 0.214. The van der Waals surface area contributed by atoms with Gasteiger partial charge in [0.2, 0.25) is 5.88 Å². The minimum absolute atomic E-state index is 0.218. The molecule has 1 aliphatic heterocycles. The summed E-state index contributed by atoms with van der Waals surface area (Å²) in [6.45, 7) is 1.88. The number of aromatic nitrogens is 1. The molecule has 0 radical (unpaired) electrons. The van der Waals surface area contributed by atoms with Crippen LogP contribution in [-0.4, -0.2) is 24.2 Å². The van der Waals surface area contributed by atoms with E-state index in [1.165, 1.54) is 6.20 Å². The van der Waals surface area contributed by atoms with Crippen molar-refractivity contribution < 1.29 is 4.74 Å². The first-order chi connectivity index (χ1) is 6.88. The number of hydrogen-bond acceptors (Lipinski definition) is 4. The summed E-state index contributed by atoms with van der Waals surface area (Å²) in [5.41, 5.74) is 0.557. The molecule has 0 unspecified atom stereocenters. The SMILES string of the molecule is N#Cc1ccc(O[C@H]2CCNC2)nc1. The van der Waals surface area contributed by atoms with Crippen molar-refractivity contribution in [1.29, 1.82) is 5.26 Å². The van der Waals surface area contributed by atoms with Gasteiger partial charge in [-0.25, -0.2) is 4.98 Å². The Morgan fingerprint density at radius 1 is 1.57 bits per heavy atom. The zero-order valence-electron chi connectivity index (χ0n) is 7.73. The fourth-order valence-corrected chi connectivity index (χ4v) is 1.42. The highest BCUT2D eigenvalue weighted by atomic mass is 16.5. The Morgan fingerprint density at radius 2 is 2.50 bits per heavy atom. The van der Waals surface area contributed by atoms with E-state index in [1.807, 2.05) is 6.07 Å². The van der Waals surface area contributed by atoms with Gasteiger partial charge in [0.15, 0.2) is 0 Å². The van der Waals surface area contributed by atoms with Crippen LogP contribution in [0.15, 0.2) is 18.3 Å². The Kier molecular flexibility index (Phi) is 2.61. The smallest absolute Gasteiger partial charge is 0.213 e. The second-order valence-electron chi connectivity index (χ2n) is 3.23. The molecular formula is C10H11N3O. The van der Waals surface area contributed by atoms with Gasteiger partial charge in [0.05, 0.1) is 5.56 Å². The van der Waals surface area contributed by atoms with Gasteiger partial charge in [-0.3, -0.25) is 0 Å². The Bertz CT molecular complexity index is 335. The third kappa shape index (κ3) is 2.01. The molecule has 0 aromatic carbocycles. The number of nitrogens with zero attached hydrogens (tertiary/aromatic N) is 2. The average Bonchev–Trinajstić information content (AvgIpc) is 2.72. The summed E-state index contributed by atoms with van der Waals surface area (Å²) in [4.78, 5) is 4.04. The summed E-state index contributed by atoms with van der Waals surface area (Å²) >= 11 is 0. The Morgan fingerprint density at radius 3 is 3.07 bits per heavy atom. The zero-order chi connectivity index (χ0) is 9.80. The van der Waals surface area contributed by atoms with E-state index in [2.05, 4.69) is 10.3 Å². The summed E-state index contributed by atoms with van der Waals surface area (Å²) in [7, 11) is 0.